The van der Waals surface area contributed by atoms with Crippen LogP contribution in [0.25, 0.3) is 47.6 Å². The number of benzene rings is 4. The third-order valence-electron chi connectivity index (χ3n) is 5.50. The summed E-state index contributed by atoms with van der Waals surface area (Å²) in [6.07, 6.45) is 1.84. The molecule has 0 amide bonds. The van der Waals surface area contributed by atoms with E-state index in [2.05, 4.69) is 85.4 Å². The van der Waals surface area contributed by atoms with Gasteiger partial charge in [0.2, 0.25) is 0 Å². The van der Waals surface area contributed by atoms with E-state index >= 15 is 0 Å². The lowest BCUT2D eigenvalue weighted by atomic mass is 9.93. The van der Waals surface area contributed by atoms with Gasteiger partial charge in [-0.1, -0.05) is 67.2 Å². The monoisotopic (exact) mass is 401 g/mol. The second kappa shape index (κ2) is 7.30. The zero-order valence-electron chi connectivity index (χ0n) is 16.6. The minimum Gasteiger partial charge on any atom is -0.193 e. The Morgan fingerprint density at radius 1 is 0.867 bits per heavy atom. The summed E-state index contributed by atoms with van der Waals surface area (Å²) < 4.78 is 2.61. The normalized spacial score (nSPS) is 11.8. The number of nitrogens with zero attached hydrogens (tertiary/aromatic N) is 1. The van der Waals surface area contributed by atoms with E-state index < -0.39 is 0 Å². The molecule has 0 bridgehead atoms. The first kappa shape index (κ1) is 18.4. The largest absolute Gasteiger partial charge is 0.193 e. The summed E-state index contributed by atoms with van der Waals surface area (Å²) in [5, 5.41) is 14.3. The number of hydrogen-bond acceptors (Lipinski definition) is 2. The number of rotatable bonds is 3. The zero-order chi connectivity index (χ0) is 20.7. The van der Waals surface area contributed by atoms with Crippen molar-refractivity contribution in [3.05, 3.63) is 103 Å². The van der Waals surface area contributed by atoms with E-state index in [0.717, 1.165) is 16.7 Å². The van der Waals surface area contributed by atoms with Gasteiger partial charge >= 0.3 is 0 Å². The molecular formula is C28H19NS. The molecule has 0 N–H and O–H groups in total. The minimum absolute atomic E-state index is 0.655. The SMILES string of the molecule is C=C(/C=C(\C)C#N)c1cccc(-c2cc3sc4ccccc4c3c3ccccc23)c1. The quantitative estimate of drug-likeness (QED) is 0.220. The fraction of sp³-hybridized carbons (Fsp3) is 0.0357. The van der Waals surface area contributed by atoms with Crippen LogP contribution < -0.4 is 0 Å². The molecule has 0 radical (unpaired) electrons. The molecule has 0 atom stereocenters. The molecule has 1 heterocycles. The molecule has 5 rings (SSSR count). The van der Waals surface area contributed by atoms with Crippen LogP contribution in [0.15, 0.2) is 97.1 Å². The molecule has 1 nitrogen and oxygen atoms in total. The number of thiophene rings is 1. The van der Waals surface area contributed by atoms with Gasteiger partial charge in [0, 0.05) is 25.7 Å². The Kier molecular flexibility index (Phi) is 4.47. The maximum Gasteiger partial charge on any atom is 0.0944 e. The molecule has 0 fully saturated rings. The van der Waals surface area contributed by atoms with Crippen molar-refractivity contribution < 1.29 is 0 Å². The second-order valence-corrected chi connectivity index (χ2v) is 8.57. The first-order valence-corrected chi connectivity index (χ1v) is 10.7. The average molecular weight is 402 g/mol. The summed E-state index contributed by atoms with van der Waals surface area (Å²) >= 11 is 1.84. The van der Waals surface area contributed by atoms with Gasteiger partial charge in [-0.05, 0) is 64.2 Å². The lowest BCUT2D eigenvalue weighted by Crippen LogP contribution is -1.86. The molecule has 2 heteroatoms. The van der Waals surface area contributed by atoms with Crippen molar-refractivity contribution in [3.63, 3.8) is 0 Å². The Labute approximate surface area is 179 Å². The van der Waals surface area contributed by atoms with Gasteiger partial charge in [0.05, 0.1) is 6.07 Å². The minimum atomic E-state index is 0.655. The summed E-state index contributed by atoms with van der Waals surface area (Å²) in [6.45, 7) is 5.97. The molecule has 5 aromatic rings. The molecule has 1 aromatic heterocycles. The average Bonchev–Trinajstić information content (AvgIpc) is 3.17. The Morgan fingerprint density at radius 3 is 2.40 bits per heavy atom. The van der Waals surface area contributed by atoms with Crippen molar-refractivity contribution in [2.24, 2.45) is 0 Å². The summed E-state index contributed by atoms with van der Waals surface area (Å²) in [5.74, 6) is 0. The molecular weight excluding hydrogens is 382 g/mol. The van der Waals surface area contributed by atoms with Crippen LogP contribution in [0.1, 0.15) is 12.5 Å². The third-order valence-corrected chi connectivity index (χ3v) is 6.61. The van der Waals surface area contributed by atoms with Gasteiger partial charge < -0.3 is 0 Å². The van der Waals surface area contributed by atoms with Gasteiger partial charge in [-0.3, -0.25) is 0 Å². The van der Waals surface area contributed by atoms with Crippen molar-refractivity contribution in [2.75, 3.05) is 0 Å². The van der Waals surface area contributed by atoms with E-state index in [1.807, 2.05) is 23.5 Å². The smallest absolute Gasteiger partial charge is 0.0944 e. The summed E-state index contributed by atoms with van der Waals surface area (Å²) in [7, 11) is 0. The van der Waals surface area contributed by atoms with Crippen molar-refractivity contribution in [1.29, 1.82) is 5.26 Å². The van der Waals surface area contributed by atoms with Crippen molar-refractivity contribution in [1.82, 2.24) is 0 Å². The number of hydrogen-bond donors (Lipinski definition) is 0. The summed E-state index contributed by atoms with van der Waals surface area (Å²) in [4.78, 5) is 0. The Balaban J connectivity index is 1.77. The van der Waals surface area contributed by atoms with Crippen LogP contribution in [0.4, 0.5) is 0 Å². The number of nitriles is 1. The maximum atomic E-state index is 9.08. The third kappa shape index (κ3) is 3.01. The number of fused-ring (bicyclic) bond motifs is 5. The molecule has 0 spiro atoms. The standard InChI is InChI=1S/C28H19NS/c1-18(17-29)14-19(2)20-8-7-9-21(15-20)25-16-27-28(23-11-4-3-10-22(23)25)24-12-5-6-13-26(24)30-27/h3-16H,2H2,1H3/b18-14+. The molecule has 0 saturated heterocycles. The lowest BCUT2D eigenvalue weighted by Gasteiger charge is -2.11. The Morgan fingerprint density at radius 2 is 1.60 bits per heavy atom. The Bertz CT molecular complexity index is 1530. The van der Waals surface area contributed by atoms with Crippen LogP contribution >= 0.6 is 11.3 Å². The van der Waals surface area contributed by atoms with E-state index in [4.69, 9.17) is 5.26 Å². The summed E-state index contributed by atoms with van der Waals surface area (Å²) in [5.41, 5.74) is 4.92. The highest BCUT2D eigenvalue weighted by atomic mass is 32.1. The fourth-order valence-corrected chi connectivity index (χ4v) is 5.25. The van der Waals surface area contributed by atoms with Crippen LogP contribution in [0.3, 0.4) is 0 Å². The van der Waals surface area contributed by atoms with E-state index in [9.17, 15) is 0 Å². The van der Waals surface area contributed by atoms with Gasteiger partial charge in [0.1, 0.15) is 0 Å². The van der Waals surface area contributed by atoms with Crippen molar-refractivity contribution in [2.45, 2.75) is 6.92 Å². The molecule has 0 aliphatic heterocycles. The first-order valence-electron chi connectivity index (χ1n) is 9.87. The molecule has 4 aromatic carbocycles. The molecule has 142 valence electrons. The molecule has 0 aliphatic carbocycles. The van der Waals surface area contributed by atoms with Gasteiger partial charge in [-0.2, -0.15) is 5.26 Å². The number of allylic oxidation sites excluding steroid dienone is 3. The van der Waals surface area contributed by atoms with Crippen molar-refractivity contribution in [3.8, 4) is 17.2 Å². The van der Waals surface area contributed by atoms with Gasteiger partial charge in [0.15, 0.2) is 0 Å². The lowest BCUT2D eigenvalue weighted by molar-refractivity contribution is 1.44. The molecule has 30 heavy (non-hydrogen) atoms. The van der Waals surface area contributed by atoms with E-state index in [0.29, 0.717) is 5.57 Å². The maximum absolute atomic E-state index is 9.08. The van der Waals surface area contributed by atoms with Crippen LogP contribution in [0.2, 0.25) is 0 Å². The Hall–Kier alpha value is -3.67. The van der Waals surface area contributed by atoms with Crippen LogP contribution in [-0.2, 0) is 0 Å². The summed E-state index contributed by atoms with van der Waals surface area (Å²) in [6, 6.07) is 30.2. The van der Waals surface area contributed by atoms with E-state index in [1.54, 1.807) is 6.92 Å². The predicted molar refractivity (Wildman–Crippen MR) is 131 cm³/mol. The molecule has 0 unspecified atom stereocenters. The highest BCUT2D eigenvalue weighted by Crippen LogP contribution is 2.42. The second-order valence-electron chi connectivity index (χ2n) is 7.49. The molecule has 0 aliphatic rings. The fourth-order valence-electron chi connectivity index (χ4n) is 4.09. The van der Waals surface area contributed by atoms with Gasteiger partial charge in [-0.25, -0.2) is 0 Å². The highest BCUT2D eigenvalue weighted by Gasteiger charge is 2.13. The van der Waals surface area contributed by atoms with Crippen LogP contribution in [0, 0.1) is 11.3 Å². The first-order chi connectivity index (χ1) is 14.7. The van der Waals surface area contributed by atoms with Crippen LogP contribution in [-0.4, -0.2) is 0 Å². The van der Waals surface area contributed by atoms with E-state index in [1.165, 1.54) is 36.5 Å². The zero-order valence-corrected chi connectivity index (χ0v) is 17.5. The topological polar surface area (TPSA) is 23.8 Å². The van der Waals surface area contributed by atoms with Crippen LogP contribution in [0.5, 0.6) is 0 Å². The molecule has 0 saturated carbocycles. The highest BCUT2D eigenvalue weighted by molar-refractivity contribution is 7.26. The van der Waals surface area contributed by atoms with E-state index in [-0.39, 0.29) is 0 Å². The van der Waals surface area contributed by atoms with Crippen molar-refractivity contribution >= 4 is 47.9 Å². The predicted octanol–water partition coefficient (Wildman–Crippen LogP) is 8.36. The van der Waals surface area contributed by atoms with Gasteiger partial charge in [0.25, 0.3) is 0 Å². The van der Waals surface area contributed by atoms with Gasteiger partial charge in [-0.15, -0.1) is 11.3 Å².